The number of hydrogen-bond donors (Lipinski definition) is 7. The molecule has 4 rings (SSSR count). The second-order valence-electron chi connectivity index (χ2n) is 16.0. The van der Waals surface area contributed by atoms with Gasteiger partial charge in [-0.3, -0.25) is 58.0 Å². The van der Waals surface area contributed by atoms with Gasteiger partial charge in [0, 0.05) is 89.9 Å². The number of carboxylic acid groups (broad SMARTS) is 4. The Morgan fingerprint density at radius 2 is 1.20 bits per heavy atom. The lowest BCUT2D eigenvalue weighted by Gasteiger charge is -2.33. The van der Waals surface area contributed by atoms with E-state index in [2.05, 4.69) is 15.5 Å². The summed E-state index contributed by atoms with van der Waals surface area (Å²) in [5.41, 5.74) is 1.79. The third-order valence-electron chi connectivity index (χ3n) is 11.0. The zero-order chi connectivity index (χ0) is 46.6. The maximum absolute atomic E-state index is 13.6. The lowest BCUT2D eigenvalue weighted by atomic mass is 9.96. The van der Waals surface area contributed by atoms with E-state index in [9.17, 15) is 63.9 Å². The number of amides is 3. The van der Waals surface area contributed by atoms with Crippen LogP contribution in [0.2, 0.25) is 0 Å². The molecule has 2 aromatic carbocycles. The highest BCUT2D eigenvalue weighted by Crippen LogP contribution is 2.17. The molecule has 20 heteroatoms. The Hall–Kier alpha value is -6.06. The lowest BCUT2D eigenvalue weighted by molar-refractivity contribution is -0.144. The van der Waals surface area contributed by atoms with Gasteiger partial charge in [-0.1, -0.05) is 48.9 Å². The summed E-state index contributed by atoms with van der Waals surface area (Å²) in [5, 5.41) is 53.4. The van der Waals surface area contributed by atoms with Gasteiger partial charge in [-0.15, -0.1) is 0 Å². The number of nitrogens with zero attached hydrogens (tertiary/aromatic N) is 5. The molecule has 2 heterocycles. The van der Waals surface area contributed by atoms with Crippen LogP contribution in [0, 0.1) is 5.92 Å². The Labute approximate surface area is 371 Å². The summed E-state index contributed by atoms with van der Waals surface area (Å²) in [6.07, 6.45) is 2.32. The second-order valence-corrected chi connectivity index (χ2v) is 16.0. The lowest BCUT2D eigenvalue weighted by Crippen LogP contribution is -2.49. The van der Waals surface area contributed by atoms with Crippen molar-refractivity contribution >= 4 is 47.4 Å². The number of benzene rings is 2. The first kappa shape index (κ1) is 50.6. The van der Waals surface area contributed by atoms with Crippen molar-refractivity contribution in [3.05, 3.63) is 83.4 Å². The van der Waals surface area contributed by atoms with E-state index in [4.69, 9.17) is 0 Å². The fourth-order valence-electron chi connectivity index (χ4n) is 7.49. The average Bonchev–Trinajstić information content (AvgIpc) is 3.56. The van der Waals surface area contributed by atoms with Gasteiger partial charge in [0.15, 0.2) is 5.78 Å². The molecule has 7 N–H and O–H groups in total. The second kappa shape index (κ2) is 25.9. The fourth-order valence-corrected chi connectivity index (χ4v) is 7.49. The summed E-state index contributed by atoms with van der Waals surface area (Å²) in [5.74, 6) is -7.33. The maximum atomic E-state index is 13.6. The van der Waals surface area contributed by atoms with Crippen molar-refractivity contribution in [1.82, 2.24) is 35.1 Å². The molecule has 0 bridgehead atoms. The van der Waals surface area contributed by atoms with Crippen LogP contribution in [0.4, 0.5) is 0 Å². The number of ketones is 1. The quantitative estimate of drug-likeness (QED) is 0.0704. The SMILES string of the molecule is O=C(O)CN1CCN(CC(=O)O)CCN(Cc2ccc(C(=O)NC(Cc3ccccc3)C(=O)NCC(=O)CC(CCCCN3C(=O)C=CC3O)C(=O)O)cc2)CCN(CC(=O)O)CC1. The molecule has 348 valence electrons. The largest absolute Gasteiger partial charge is 0.481 e. The summed E-state index contributed by atoms with van der Waals surface area (Å²) >= 11 is 0. The van der Waals surface area contributed by atoms with Crippen LogP contribution < -0.4 is 10.6 Å². The third kappa shape index (κ3) is 18.0. The van der Waals surface area contributed by atoms with Crippen molar-refractivity contribution in [2.24, 2.45) is 5.92 Å². The monoisotopic (exact) mass is 893 g/mol. The van der Waals surface area contributed by atoms with E-state index in [-0.39, 0.29) is 83.1 Å². The van der Waals surface area contributed by atoms with Gasteiger partial charge in [-0.25, -0.2) is 0 Å². The molecule has 3 unspecified atom stereocenters. The summed E-state index contributed by atoms with van der Waals surface area (Å²) in [4.78, 5) is 107. The Bertz CT molecular complexity index is 1920. The fraction of sp³-hybridized carbons (Fsp3) is 0.500. The van der Waals surface area contributed by atoms with Crippen molar-refractivity contribution in [2.75, 3.05) is 85.1 Å². The minimum atomic E-state index is -1.17. The average molecular weight is 894 g/mol. The topological polar surface area (TPSA) is 278 Å². The molecule has 2 aromatic rings. The number of aliphatic hydroxyl groups excluding tert-OH is 1. The number of carbonyl (C=O) groups excluding carboxylic acids is 4. The number of aliphatic carboxylic acids is 4. The summed E-state index contributed by atoms with van der Waals surface area (Å²) in [7, 11) is 0. The highest BCUT2D eigenvalue weighted by Gasteiger charge is 2.27. The van der Waals surface area contributed by atoms with E-state index in [1.165, 1.54) is 17.1 Å². The van der Waals surface area contributed by atoms with Crippen molar-refractivity contribution in [1.29, 1.82) is 0 Å². The molecule has 2 aliphatic heterocycles. The minimum Gasteiger partial charge on any atom is -0.481 e. The van der Waals surface area contributed by atoms with Crippen LogP contribution in [0.5, 0.6) is 0 Å². The van der Waals surface area contributed by atoms with Gasteiger partial charge in [0.05, 0.1) is 32.1 Å². The summed E-state index contributed by atoms with van der Waals surface area (Å²) < 4.78 is 0. The van der Waals surface area contributed by atoms with Gasteiger partial charge in [0.2, 0.25) is 11.8 Å². The first-order valence-corrected chi connectivity index (χ1v) is 21.2. The Kier molecular flexibility index (Phi) is 20.5. The molecule has 0 radical (unpaired) electrons. The minimum absolute atomic E-state index is 0.0938. The molecular weight excluding hydrogens is 835 g/mol. The van der Waals surface area contributed by atoms with Crippen molar-refractivity contribution in [3.63, 3.8) is 0 Å². The Balaban J connectivity index is 1.37. The molecule has 1 saturated heterocycles. The molecule has 20 nitrogen and oxygen atoms in total. The van der Waals surface area contributed by atoms with E-state index in [0.717, 1.165) is 11.1 Å². The molecule has 0 aliphatic carbocycles. The molecule has 0 aromatic heterocycles. The maximum Gasteiger partial charge on any atom is 0.317 e. The standard InChI is InChI=1S/C44H59N7O13/c52-35(25-34(44(63)64)8-4-5-15-51-37(53)13-14-38(51)54)26-45-43(62)36(24-31-6-2-1-3-7-31)46-42(61)33-11-9-32(10-12-33)27-47-16-18-48(28-39(55)56)20-22-50(30-41(59)60)23-21-49(19-17-47)29-40(57)58/h1-3,6-7,9-14,34,36-37,53H,4-5,8,15-30H2,(H,45,62)(H,46,61)(H,55,56)(H,57,58)(H,59,60)(H,63,64). The number of aliphatic hydroxyl groups is 1. The van der Waals surface area contributed by atoms with E-state index in [0.29, 0.717) is 45.6 Å². The molecule has 64 heavy (non-hydrogen) atoms. The molecule has 0 spiro atoms. The van der Waals surface area contributed by atoms with Crippen LogP contribution in [0.25, 0.3) is 0 Å². The summed E-state index contributed by atoms with van der Waals surface area (Å²) in [6, 6.07) is 14.5. The van der Waals surface area contributed by atoms with E-state index >= 15 is 0 Å². The Morgan fingerprint density at radius 3 is 1.69 bits per heavy atom. The first-order valence-electron chi connectivity index (χ1n) is 21.2. The Morgan fingerprint density at radius 1 is 0.672 bits per heavy atom. The highest BCUT2D eigenvalue weighted by molar-refractivity contribution is 5.98. The van der Waals surface area contributed by atoms with Gasteiger partial charge in [-0.05, 0) is 42.2 Å². The number of Topliss-reactive ketones (excluding diaryl/α,β-unsaturated/α-hetero) is 1. The van der Waals surface area contributed by atoms with Gasteiger partial charge in [0.1, 0.15) is 12.3 Å². The van der Waals surface area contributed by atoms with Gasteiger partial charge < -0.3 is 41.1 Å². The number of carboxylic acids is 4. The van der Waals surface area contributed by atoms with Crippen LogP contribution in [-0.4, -0.2) is 195 Å². The molecule has 3 atom stereocenters. The van der Waals surface area contributed by atoms with Crippen LogP contribution in [-0.2, 0) is 46.5 Å². The van der Waals surface area contributed by atoms with E-state index < -0.39 is 66.2 Å². The van der Waals surface area contributed by atoms with Gasteiger partial charge in [0.25, 0.3) is 5.91 Å². The molecular formula is C44H59N7O13. The van der Waals surface area contributed by atoms with Crippen molar-refractivity contribution in [3.8, 4) is 0 Å². The van der Waals surface area contributed by atoms with E-state index in [1.54, 1.807) is 69.3 Å². The molecule has 2 aliphatic rings. The van der Waals surface area contributed by atoms with E-state index in [1.807, 2.05) is 0 Å². The normalized spacial score (nSPS) is 18.0. The number of carbonyl (C=O) groups is 8. The first-order chi connectivity index (χ1) is 30.6. The van der Waals surface area contributed by atoms with Crippen LogP contribution in [0.3, 0.4) is 0 Å². The zero-order valence-corrected chi connectivity index (χ0v) is 35.8. The number of rotatable bonds is 23. The van der Waals surface area contributed by atoms with Crippen LogP contribution in [0.15, 0.2) is 66.7 Å². The van der Waals surface area contributed by atoms with Gasteiger partial charge >= 0.3 is 23.9 Å². The zero-order valence-electron chi connectivity index (χ0n) is 35.8. The highest BCUT2D eigenvalue weighted by atomic mass is 16.4. The summed E-state index contributed by atoms with van der Waals surface area (Å²) in [6.45, 7) is 2.05. The predicted octanol–water partition coefficient (Wildman–Crippen LogP) is -0.334. The molecule has 3 amide bonds. The molecule has 1 fully saturated rings. The smallest absolute Gasteiger partial charge is 0.317 e. The number of nitrogens with one attached hydrogen (secondary N) is 2. The molecule has 0 saturated carbocycles. The number of unbranched alkanes of at least 4 members (excludes halogenated alkanes) is 1. The predicted molar refractivity (Wildman–Crippen MR) is 230 cm³/mol. The van der Waals surface area contributed by atoms with Crippen molar-refractivity contribution < 1.29 is 63.9 Å². The van der Waals surface area contributed by atoms with Crippen molar-refractivity contribution in [2.45, 2.75) is 50.9 Å². The number of hydrogen-bond acceptors (Lipinski definition) is 13. The van der Waals surface area contributed by atoms with Gasteiger partial charge in [-0.2, -0.15) is 0 Å². The van der Waals surface area contributed by atoms with Crippen LogP contribution >= 0.6 is 0 Å². The third-order valence-corrected chi connectivity index (χ3v) is 11.0. The van der Waals surface area contributed by atoms with Crippen LogP contribution in [0.1, 0.15) is 47.2 Å².